The second kappa shape index (κ2) is 8.31. The zero-order chi connectivity index (χ0) is 17.6. The van der Waals surface area contributed by atoms with E-state index in [0.717, 1.165) is 42.6 Å². The second-order valence-corrected chi connectivity index (χ2v) is 6.98. The van der Waals surface area contributed by atoms with Gasteiger partial charge in [0.05, 0.1) is 19.7 Å². The number of carbonyl (C=O) groups is 1. The molecular formula is C18H24N4O2S. The molecule has 134 valence electrons. The molecule has 7 heteroatoms. The number of benzene rings is 1. The normalized spacial score (nSPS) is 16.5. The number of aromatic nitrogens is 1. The molecule has 1 N–H and O–H groups in total. The molecule has 1 fully saturated rings. The minimum atomic E-state index is -0.0831. The van der Waals surface area contributed by atoms with Gasteiger partial charge in [0.15, 0.2) is 5.13 Å². The standard InChI is InChI=1S/C18H24N4O2S/c1-14(15-5-3-4-6-16(15)24-2)20-17(23)13-21-8-10-22(11-9-21)18-19-7-12-25-18/h3-7,12,14H,8-11,13H2,1-2H3,(H,20,23)/t14-/m0/s1. The third-order valence-electron chi connectivity index (χ3n) is 4.41. The van der Waals surface area contributed by atoms with Crippen LogP contribution in [0.3, 0.4) is 0 Å². The lowest BCUT2D eigenvalue weighted by Crippen LogP contribution is -2.49. The molecule has 1 aliphatic rings. The van der Waals surface area contributed by atoms with Gasteiger partial charge in [-0.25, -0.2) is 4.98 Å². The Labute approximate surface area is 152 Å². The van der Waals surface area contributed by atoms with Gasteiger partial charge in [0, 0.05) is 43.3 Å². The van der Waals surface area contributed by atoms with Gasteiger partial charge in [-0.3, -0.25) is 9.69 Å². The summed E-state index contributed by atoms with van der Waals surface area (Å²) in [5.41, 5.74) is 0.993. The predicted octanol–water partition coefficient (Wildman–Crippen LogP) is 2.15. The number of anilines is 1. The molecular weight excluding hydrogens is 336 g/mol. The number of hydrogen-bond donors (Lipinski definition) is 1. The first-order valence-electron chi connectivity index (χ1n) is 8.46. The first kappa shape index (κ1) is 17.7. The smallest absolute Gasteiger partial charge is 0.234 e. The predicted molar refractivity (Wildman–Crippen MR) is 100 cm³/mol. The number of nitrogens with zero attached hydrogens (tertiary/aromatic N) is 3. The molecule has 2 heterocycles. The van der Waals surface area contributed by atoms with Crippen LogP contribution in [-0.4, -0.2) is 55.6 Å². The van der Waals surface area contributed by atoms with Crippen molar-refractivity contribution in [2.75, 3.05) is 44.7 Å². The third-order valence-corrected chi connectivity index (χ3v) is 5.24. The fraction of sp³-hybridized carbons (Fsp3) is 0.444. The Hall–Kier alpha value is -2.12. The number of rotatable bonds is 6. The lowest BCUT2D eigenvalue weighted by Gasteiger charge is -2.34. The monoisotopic (exact) mass is 360 g/mol. The zero-order valence-electron chi connectivity index (χ0n) is 14.6. The van der Waals surface area contributed by atoms with Crippen molar-refractivity contribution in [3.63, 3.8) is 0 Å². The number of amides is 1. The van der Waals surface area contributed by atoms with E-state index >= 15 is 0 Å². The quantitative estimate of drug-likeness (QED) is 0.855. The maximum absolute atomic E-state index is 12.4. The number of para-hydroxylation sites is 1. The van der Waals surface area contributed by atoms with Gasteiger partial charge in [-0.2, -0.15) is 0 Å². The van der Waals surface area contributed by atoms with Crippen LogP contribution in [0.5, 0.6) is 5.75 Å². The van der Waals surface area contributed by atoms with Gasteiger partial charge in [0.25, 0.3) is 0 Å². The molecule has 1 amide bonds. The molecule has 0 saturated carbocycles. The molecule has 25 heavy (non-hydrogen) atoms. The molecule has 0 unspecified atom stereocenters. The average Bonchev–Trinajstić information content (AvgIpc) is 3.17. The topological polar surface area (TPSA) is 57.7 Å². The van der Waals surface area contributed by atoms with Crippen molar-refractivity contribution in [1.29, 1.82) is 0 Å². The zero-order valence-corrected chi connectivity index (χ0v) is 15.5. The van der Waals surface area contributed by atoms with Crippen molar-refractivity contribution in [1.82, 2.24) is 15.2 Å². The van der Waals surface area contributed by atoms with Crippen LogP contribution >= 0.6 is 11.3 Å². The van der Waals surface area contributed by atoms with Crippen molar-refractivity contribution in [3.05, 3.63) is 41.4 Å². The van der Waals surface area contributed by atoms with E-state index in [-0.39, 0.29) is 11.9 Å². The molecule has 6 nitrogen and oxygen atoms in total. The van der Waals surface area contributed by atoms with Crippen LogP contribution in [0.4, 0.5) is 5.13 Å². The summed E-state index contributed by atoms with van der Waals surface area (Å²) in [6.45, 7) is 5.96. The summed E-state index contributed by atoms with van der Waals surface area (Å²) in [5.74, 6) is 0.841. The maximum Gasteiger partial charge on any atom is 0.234 e. The largest absolute Gasteiger partial charge is 0.496 e. The summed E-state index contributed by atoms with van der Waals surface area (Å²) in [6, 6.07) is 7.70. The number of piperazine rings is 1. The van der Waals surface area contributed by atoms with Crippen molar-refractivity contribution in [3.8, 4) is 5.75 Å². The molecule has 2 aromatic rings. The van der Waals surface area contributed by atoms with Crippen molar-refractivity contribution in [2.45, 2.75) is 13.0 Å². The van der Waals surface area contributed by atoms with Crippen LogP contribution in [0, 0.1) is 0 Å². The van der Waals surface area contributed by atoms with Gasteiger partial charge in [-0.05, 0) is 13.0 Å². The van der Waals surface area contributed by atoms with Gasteiger partial charge in [0.1, 0.15) is 5.75 Å². The molecule has 1 aromatic heterocycles. The lowest BCUT2D eigenvalue weighted by atomic mass is 10.1. The van der Waals surface area contributed by atoms with Gasteiger partial charge < -0.3 is 15.0 Å². The summed E-state index contributed by atoms with van der Waals surface area (Å²) < 4.78 is 5.37. The van der Waals surface area contributed by atoms with E-state index in [1.54, 1.807) is 18.4 Å². The Morgan fingerprint density at radius 2 is 2.08 bits per heavy atom. The van der Waals surface area contributed by atoms with E-state index in [1.165, 1.54) is 0 Å². The highest BCUT2D eigenvalue weighted by atomic mass is 32.1. The highest BCUT2D eigenvalue weighted by Crippen LogP contribution is 2.24. The van der Waals surface area contributed by atoms with Gasteiger partial charge in [-0.1, -0.05) is 18.2 Å². The number of carbonyl (C=O) groups excluding carboxylic acids is 1. The summed E-state index contributed by atoms with van der Waals surface area (Å²) in [5, 5.41) is 6.13. The van der Waals surface area contributed by atoms with Crippen molar-refractivity contribution >= 4 is 22.4 Å². The molecule has 3 rings (SSSR count). The minimum absolute atomic E-state index is 0.0427. The van der Waals surface area contributed by atoms with Crippen LogP contribution in [0.1, 0.15) is 18.5 Å². The first-order chi connectivity index (χ1) is 12.2. The Morgan fingerprint density at radius 3 is 2.76 bits per heavy atom. The lowest BCUT2D eigenvalue weighted by molar-refractivity contribution is -0.123. The summed E-state index contributed by atoms with van der Waals surface area (Å²) in [7, 11) is 1.65. The molecule has 0 radical (unpaired) electrons. The molecule has 1 saturated heterocycles. The van der Waals surface area contributed by atoms with Crippen LogP contribution in [-0.2, 0) is 4.79 Å². The number of hydrogen-bond acceptors (Lipinski definition) is 6. The molecule has 1 aromatic carbocycles. The number of nitrogens with one attached hydrogen (secondary N) is 1. The van der Waals surface area contributed by atoms with E-state index in [2.05, 4.69) is 20.1 Å². The Balaban J connectivity index is 1.48. The van der Waals surface area contributed by atoms with Gasteiger partial charge >= 0.3 is 0 Å². The maximum atomic E-state index is 12.4. The second-order valence-electron chi connectivity index (χ2n) is 6.11. The Kier molecular flexibility index (Phi) is 5.88. The highest BCUT2D eigenvalue weighted by Gasteiger charge is 2.21. The fourth-order valence-electron chi connectivity index (χ4n) is 3.06. The Morgan fingerprint density at radius 1 is 1.32 bits per heavy atom. The summed E-state index contributed by atoms with van der Waals surface area (Å²) in [6.07, 6.45) is 1.83. The molecule has 0 bridgehead atoms. The van der Waals surface area contributed by atoms with E-state index in [1.807, 2.05) is 42.8 Å². The van der Waals surface area contributed by atoms with Crippen molar-refractivity contribution < 1.29 is 9.53 Å². The summed E-state index contributed by atoms with van der Waals surface area (Å²) >= 11 is 1.66. The van der Waals surface area contributed by atoms with Crippen LogP contribution in [0.2, 0.25) is 0 Å². The van der Waals surface area contributed by atoms with Crippen LogP contribution < -0.4 is 15.0 Å². The molecule has 1 aliphatic heterocycles. The third kappa shape index (κ3) is 4.49. The van der Waals surface area contributed by atoms with E-state index in [4.69, 9.17) is 4.74 Å². The fourth-order valence-corrected chi connectivity index (χ4v) is 3.76. The van der Waals surface area contributed by atoms with Crippen LogP contribution in [0.15, 0.2) is 35.8 Å². The highest BCUT2D eigenvalue weighted by molar-refractivity contribution is 7.13. The van der Waals surface area contributed by atoms with E-state index < -0.39 is 0 Å². The van der Waals surface area contributed by atoms with Gasteiger partial charge in [0.2, 0.25) is 5.91 Å². The number of thiazole rings is 1. The van der Waals surface area contributed by atoms with Gasteiger partial charge in [-0.15, -0.1) is 11.3 Å². The van der Waals surface area contributed by atoms with Crippen molar-refractivity contribution in [2.24, 2.45) is 0 Å². The molecule has 0 aliphatic carbocycles. The summed E-state index contributed by atoms with van der Waals surface area (Å²) in [4.78, 5) is 21.2. The number of ether oxygens (including phenoxy) is 1. The Bertz CT molecular complexity index is 684. The number of methoxy groups -OCH3 is 1. The molecule has 0 spiro atoms. The minimum Gasteiger partial charge on any atom is -0.496 e. The SMILES string of the molecule is COc1ccccc1[C@H](C)NC(=O)CN1CCN(c2nccs2)CC1. The first-order valence-corrected chi connectivity index (χ1v) is 9.34. The van der Waals surface area contributed by atoms with E-state index in [9.17, 15) is 4.79 Å². The molecule has 1 atom stereocenters. The average molecular weight is 360 g/mol. The van der Waals surface area contributed by atoms with E-state index in [0.29, 0.717) is 6.54 Å². The van der Waals surface area contributed by atoms with Crippen LogP contribution in [0.25, 0.3) is 0 Å².